The van der Waals surface area contributed by atoms with E-state index in [-0.39, 0.29) is 5.82 Å². The lowest BCUT2D eigenvalue weighted by atomic mass is 9.90. The molecule has 0 aliphatic rings. The van der Waals surface area contributed by atoms with E-state index in [1.807, 2.05) is 19.1 Å². The van der Waals surface area contributed by atoms with Crippen LogP contribution >= 0.6 is 11.3 Å². The zero-order chi connectivity index (χ0) is 14.9. The normalized spacial score (nSPS) is 14.2. The van der Waals surface area contributed by atoms with E-state index >= 15 is 0 Å². The molecule has 1 unspecified atom stereocenters. The Kier molecular flexibility index (Phi) is 3.79. The third-order valence-corrected chi connectivity index (χ3v) is 4.64. The van der Waals surface area contributed by atoms with Gasteiger partial charge in [-0.25, -0.2) is 4.39 Å². The van der Waals surface area contributed by atoms with E-state index < -0.39 is 5.60 Å². The van der Waals surface area contributed by atoms with Crippen LogP contribution in [0.3, 0.4) is 0 Å². The molecule has 0 spiro atoms. The monoisotopic (exact) mass is 300 g/mol. The van der Waals surface area contributed by atoms with Gasteiger partial charge in [-0.15, -0.1) is 11.3 Å². The third kappa shape index (κ3) is 3.31. The van der Waals surface area contributed by atoms with Crippen LogP contribution in [-0.2, 0) is 12.8 Å². The van der Waals surface area contributed by atoms with Crippen LogP contribution in [0.2, 0.25) is 0 Å². The lowest BCUT2D eigenvalue weighted by Crippen LogP contribution is -2.30. The summed E-state index contributed by atoms with van der Waals surface area (Å²) in [5, 5.41) is 14.0. The molecule has 0 aliphatic heterocycles. The number of thiophene rings is 1. The molecule has 1 N–H and O–H groups in total. The van der Waals surface area contributed by atoms with Crippen LogP contribution in [0.25, 0.3) is 10.1 Å². The van der Waals surface area contributed by atoms with Gasteiger partial charge in [0.25, 0.3) is 0 Å². The average molecular weight is 300 g/mol. The van der Waals surface area contributed by atoms with E-state index in [1.165, 1.54) is 27.8 Å². The van der Waals surface area contributed by atoms with Gasteiger partial charge in [0, 0.05) is 17.5 Å². The first kappa shape index (κ1) is 14.2. The van der Waals surface area contributed by atoms with Crippen molar-refractivity contribution >= 4 is 21.4 Å². The summed E-state index contributed by atoms with van der Waals surface area (Å²) in [7, 11) is 0. The first-order valence-electron chi connectivity index (χ1n) is 6.95. The summed E-state index contributed by atoms with van der Waals surface area (Å²) in [6.45, 7) is 1.84. The number of benzene rings is 2. The molecule has 1 nitrogen and oxygen atoms in total. The molecule has 0 amide bonds. The molecule has 3 rings (SSSR count). The van der Waals surface area contributed by atoms with Gasteiger partial charge in [-0.2, -0.15) is 0 Å². The van der Waals surface area contributed by atoms with Gasteiger partial charge in [0.1, 0.15) is 5.82 Å². The molecule has 2 aromatic carbocycles. The minimum atomic E-state index is -0.846. The van der Waals surface area contributed by atoms with Gasteiger partial charge in [0.15, 0.2) is 0 Å². The SMILES string of the molecule is CC(O)(Cc1ccc(F)cc1)Cc1csc2ccccc12. The van der Waals surface area contributed by atoms with Crippen molar-refractivity contribution in [1.29, 1.82) is 0 Å². The summed E-state index contributed by atoms with van der Waals surface area (Å²) in [4.78, 5) is 0. The average Bonchev–Trinajstić information content (AvgIpc) is 2.84. The van der Waals surface area contributed by atoms with Crippen molar-refractivity contribution in [2.75, 3.05) is 0 Å². The molecule has 0 saturated carbocycles. The highest BCUT2D eigenvalue weighted by Crippen LogP contribution is 2.29. The fourth-order valence-electron chi connectivity index (χ4n) is 2.68. The summed E-state index contributed by atoms with van der Waals surface area (Å²) in [6.07, 6.45) is 1.10. The van der Waals surface area contributed by atoms with E-state index in [9.17, 15) is 9.50 Å². The number of rotatable bonds is 4. The number of aliphatic hydroxyl groups is 1. The van der Waals surface area contributed by atoms with E-state index in [2.05, 4.69) is 17.5 Å². The van der Waals surface area contributed by atoms with Crippen LogP contribution in [0.1, 0.15) is 18.1 Å². The first-order valence-corrected chi connectivity index (χ1v) is 7.83. The maximum Gasteiger partial charge on any atom is 0.123 e. The van der Waals surface area contributed by atoms with Gasteiger partial charge in [0.2, 0.25) is 0 Å². The Morgan fingerprint density at radius 1 is 1.05 bits per heavy atom. The van der Waals surface area contributed by atoms with Crippen LogP contribution in [0.5, 0.6) is 0 Å². The highest BCUT2D eigenvalue weighted by Gasteiger charge is 2.23. The maximum atomic E-state index is 12.9. The van der Waals surface area contributed by atoms with Gasteiger partial charge in [-0.05, 0) is 47.0 Å². The molecule has 0 radical (unpaired) electrons. The predicted octanol–water partition coefficient (Wildman–Crippen LogP) is 4.58. The summed E-state index contributed by atoms with van der Waals surface area (Å²) in [5.74, 6) is -0.248. The van der Waals surface area contributed by atoms with Gasteiger partial charge < -0.3 is 5.11 Å². The molecule has 0 fully saturated rings. The Balaban J connectivity index is 1.80. The van der Waals surface area contributed by atoms with Crippen molar-refractivity contribution in [3.63, 3.8) is 0 Å². The second kappa shape index (κ2) is 5.58. The zero-order valence-electron chi connectivity index (χ0n) is 11.8. The molecular weight excluding hydrogens is 283 g/mol. The van der Waals surface area contributed by atoms with Crippen molar-refractivity contribution in [3.8, 4) is 0 Å². The summed E-state index contributed by atoms with van der Waals surface area (Å²) < 4.78 is 14.2. The van der Waals surface area contributed by atoms with E-state index in [1.54, 1.807) is 23.5 Å². The molecule has 3 aromatic rings. The highest BCUT2D eigenvalue weighted by molar-refractivity contribution is 7.17. The lowest BCUT2D eigenvalue weighted by molar-refractivity contribution is 0.0612. The molecule has 0 saturated heterocycles. The van der Waals surface area contributed by atoms with Crippen molar-refractivity contribution in [3.05, 3.63) is 70.9 Å². The third-order valence-electron chi connectivity index (χ3n) is 3.63. The lowest BCUT2D eigenvalue weighted by Gasteiger charge is -2.23. The zero-order valence-corrected chi connectivity index (χ0v) is 12.7. The second-order valence-corrected chi connectivity index (χ2v) is 6.65. The van der Waals surface area contributed by atoms with Crippen LogP contribution in [0.15, 0.2) is 53.9 Å². The number of fused-ring (bicyclic) bond motifs is 1. The van der Waals surface area contributed by atoms with Crippen molar-refractivity contribution < 1.29 is 9.50 Å². The number of hydrogen-bond acceptors (Lipinski definition) is 2. The van der Waals surface area contributed by atoms with Crippen LogP contribution in [-0.4, -0.2) is 10.7 Å². The Bertz CT molecular complexity index is 743. The van der Waals surface area contributed by atoms with Gasteiger partial charge in [0.05, 0.1) is 5.60 Å². The topological polar surface area (TPSA) is 20.2 Å². The van der Waals surface area contributed by atoms with Gasteiger partial charge >= 0.3 is 0 Å². The standard InChI is InChI=1S/C18H17FOS/c1-18(20,10-13-6-8-15(19)9-7-13)11-14-12-21-17-5-3-2-4-16(14)17/h2-9,12,20H,10-11H2,1H3. The summed E-state index contributed by atoms with van der Waals surface area (Å²) in [6, 6.07) is 14.6. The molecule has 1 aromatic heterocycles. The second-order valence-electron chi connectivity index (χ2n) is 5.73. The predicted molar refractivity (Wildman–Crippen MR) is 86.3 cm³/mol. The molecular formula is C18H17FOS. The van der Waals surface area contributed by atoms with Crippen molar-refractivity contribution in [1.82, 2.24) is 0 Å². The fourth-order valence-corrected chi connectivity index (χ4v) is 3.65. The van der Waals surface area contributed by atoms with Crippen molar-refractivity contribution in [2.24, 2.45) is 0 Å². The Hall–Kier alpha value is -1.71. The van der Waals surface area contributed by atoms with Gasteiger partial charge in [-0.3, -0.25) is 0 Å². The quantitative estimate of drug-likeness (QED) is 0.748. The Labute approximate surface area is 127 Å². The molecule has 3 heteroatoms. The summed E-state index contributed by atoms with van der Waals surface area (Å²) in [5.41, 5.74) is 1.27. The Morgan fingerprint density at radius 3 is 2.52 bits per heavy atom. The van der Waals surface area contributed by atoms with E-state index in [4.69, 9.17) is 0 Å². The minimum Gasteiger partial charge on any atom is -0.389 e. The van der Waals surface area contributed by atoms with Crippen LogP contribution in [0, 0.1) is 5.82 Å². The summed E-state index contributed by atoms with van der Waals surface area (Å²) >= 11 is 1.70. The highest BCUT2D eigenvalue weighted by atomic mass is 32.1. The Morgan fingerprint density at radius 2 is 1.76 bits per heavy atom. The number of hydrogen-bond donors (Lipinski definition) is 1. The first-order chi connectivity index (χ1) is 10.0. The molecule has 0 aliphatic carbocycles. The van der Waals surface area contributed by atoms with Crippen LogP contribution in [0.4, 0.5) is 4.39 Å². The fraction of sp³-hybridized carbons (Fsp3) is 0.222. The van der Waals surface area contributed by atoms with Crippen molar-refractivity contribution in [2.45, 2.75) is 25.4 Å². The number of halogens is 1. The van der Waals surface area contributed by atoms with E-state index in [0.29, 0.717) is 12.8 Å². The molecule has 1 heterocycles. The molecule has 0 bridgehead atoms. The molecule has 108 valence electrons. The smallest absolute Gasteiger partial charge is 0.123 e. The van der Waals surface area contributed by atoms with Crippen LogP contribution < -0.4 is 0 Å². The minimum absolute atomic E-state index is 0.248. The molecule has 1 atom stereocenters. The largest absolute Gasteiger partial charge is 0.389 e. The van der Waals surface area contributed by atoms with Gasteiger partial charge in [-0.1, -0.05) is 30.3 Å². The molecule has 21 heavy (non-hydrogen) atoms. The van der Waals surface area contributed by atoms with E-state index in [0.717, 1.165) is 5.56 Å². The maximum absolute atomic E-state index is 12.9.